The van der Waals surface area contributed by atoms with Gasteiger partial charge in [-0.15, -0.1) is 11.3 Å². The van der Waals surface area contributed by atoms with Crippen molar-refractivity contribution in [1.82, 2.24) is 14.7 Å². The number of aryl methyl sites for hydroxylation is 1. The first kappa shape index (κ1) is 14.6. The van der Waals surface area contributed by atoms with E-state index in [0.717, 1.165) is 28.6 Å². The van der Waals surface area contributed by atoms with Crippen molar-refractivity contribution in [3.05, 3.63) is 57.8 Å². The number of imidazole rings is 1. The van der Waals surface area contributed by atoms with Gasteiger partial charge < -0.3 is 5.32 Å². The summed E-state index contributed by atoms with van der Waals surface area (Å²) in [5.41, 5.74) is 3.60. The zero-order valence-electron chi connectivity index (χ0n) is 12.1. The number of nitrogens with one attached hydrogen (secondary N) is 1. The van der Waals surface area contributed by atoms with E-state index in [1.54, 1.807) is 11.3 Å². The molecule has 0 saturated carbocycles. The van der Waals surface area contributed by atoms with Gasteiger partial charge in [0.2, 0.25) is 0 Å². The molecular formula is C16H18ClN3S. The second-order valence-electron chi connectivity index (χ2n) is 5.09. The monoisotopic (exact) mass is 319 g/mol. The number of nitrogens with zero attached hydrogens (tertiary/aromatic N) is 2. The molecule has 0 bridgehead atoms. The van der Waals surface area contributed by atoms with E-state index in [9.17, 15) is 0 Å². The quantitative estimate of drug-likeness (QED) is 0.744. The summed E-state index contributed by atoms with van der Waals surface area (Å²) >= 11 is 7.63. The molecule has 110 valence electrons. The van der Waals surface area contributed by atoms with Gasteiger partial charge in [-0.05, 0) is 31.0 Å². The van der Waals surface area contributed by atoms with Gasteiger partial charge in [0.1, 0.15) is 0 Å². The highest BCUT2D eigenvalue weighted by molar-refractivity contribution is 7.15. The van der Waals surface area contributed by atoms with Crippen molar-refractivity contribution in [2.75, 3.05) is 0 Å². The second kappa shape index (κ2) is 6.18. The molecule has 0 aliphatic carbocycles. The van der Waals surface area contributed by atoms with Crippen molar-refractivity contribution < 1.29 is 0 Å². The minimum Gasteiger partial charge on any atom is -0.304 e. The predicted octanol–water partition coefficient (Wildman–Crippen LogP) is 4.60. The fourth-order valence-corrected chi connectivity index (χ4v) is 3.47. The molecule has 1 aromatic carbocycles. The van der Waals surface area contributed by atoms with Crippen LogP contribution in [0.2, 0.25) is 5.02 Å². The highest BCUT2D eigenvalue weighted by Gasteiger charge is 2.13. The van der Waals surface area contributed by atoms with Gasteiger partial charge >= 0.3 is 0 Å². The molecule has 1 atom stereocenters. The van der Waals surface area contributed by atoms with Crippen LogP contribution in [0.3, 0.4) is 0 Å². The fraction of sp³-hybridized carbons (Fsp3) is 0.312. The molecule has 3 rings (SSSR count). The summed E-state index contributed by atoms with van der Waals surface area (Å²) in [6.07, 6.45) is 3.12. The SMILES string of the molecule is CCC(NCc1c(C)nc2sccn12)c1ccc(Cl)cc1. The molecule has 2 heterocycles. The Bertz CT molecular complexity index is 730. The van der Waals surface area contributed by atoms with Gasteiger partial charge in [0.25, 0.3) is 0 Å². The van der Waals surface area contributed by atoms with Crippen LogP contribution in [0.1, 0.15) is 36.3 Å². The zero-order valence-corrected chi connectivity index (χ0v) is 13.7. The molecule has 0 aliphatic heterocycles. The Hall–Kier alpha value is -1.36. The van der Waals surface area contributed by atoms with Crippen LogP contribution in [0.25, 0.3) is 4.96 Å². The average Bonchev–Trinajstić information content (AvgIpc) is 3.03. The standard InChI is InChI=1S/C16H18ClN3S/c1-3-14(12-4-6-13(17)7-5-12)18-10-15-11(2)19-16-20(15)8-9-21-16/h4-9,14,18H,3,10H2,1-2H3. The molecule has 1 N–H and O–H groups in total. The first-order valence-electron chi connectivity index (χ1n) is 7.09. The van der Waals surface area contributed by atoms with Crippen molar-refractivity contribution in [3.8, 4) is 0 Å². The van der Waals surface area contributed by atoms with E-state index in [1.165, 1.54) is 11.3 Å². The van der Waals surface area contributed by atoms with Crippen LogP contribution in [0.5, 0.6) is 0 Å². The lowest BCUT2D eigenvalue weighted by Crippen LogP contribution is -2.21. The van der Waals surface area contributed by atoms with E-state index >= 15 is 0 Å². The van der Waals surface area contributed by atoms with E-state index in [4.69, 9.17) is 11.6 Å². The Labute approximate surface area is 133 Å². The molecule has 0 saturated heterocycles. The van der Waals surface area contributed by atoms with E-state index in [0.29, 0.717) is 6.04 Å². The third-order valence-corrected chi connectivity index (χ3v) is 4.77. The predicted molar refractivity (Wildman–Crippen MR) is 89.1 cm³/mol. The Morgan fingerprint density at radius 3 is 2.81 bits per heavy atom. The number of hydrogen-bond acceptors (Lipinski definition) is 3. The summed E-state index contributed by atoms with van der Waals surface area (Å²) in [7, 11) is 0. The summed E-state index contributed by atoms with van der Waals surface area (Å²) in [6, 6.07) is 8.40. The van der Waals surface area contributed by atoms with E-state index in [-0.39, 0.29) is 0 Å². The van der Waals surface area contributed by atoms with E-state index in [1.807, 2.05) is 12.1 Å². The number of benzene rings is 1. The Morgan fingerprint density at radius 2 is 2.10 bits per heavy atom. The average molecular weight is 320 g/mol. The van der Waals surface area contributed by atoms with Crippen LogP contribution in [0, 0.1) is 6.92 Å². The molecule has 21 heavy (non-hydrogen) atoms. The third-order valence-electron chi connectivity index (χ3n) is 3.76. The lowest BCUT2D eigenvalue weighted by molar-refractivity contribution is 0.512. The van der Waals surface area contributed by atoms with Crippen LogP contribution in [0.4, 0.5) is 0 Å². The number of thiazole rings is 1. The van der Waals surface area contributed by atoms with Gasteiger partial charge in [0.05, 0.1) is 11.4 Å². The minimum atomic E-state index is 0.325. The molecule has 1 unspecified atom stereocenters. The molecule has 0 spiro atoms. The van der Waals surface area contributed by atoms with Crippen LogP contribution < -0.4 is 5.32 Å². The maximum atomic E-state index is 5.96. The largest absolute Gasteiger partial charge is 0.304 e. The van der Waals surface area contributed by atoms with Gasteiger partial charge in [0, 0.05) is 29.2 Å². The minimum absolute atomic E-state index is 0.325. The molecule has 3 nitrogen and oxygen atoms in total. The molecular weight excluding hydrogens is 302 g/mol. The van der Waals surface area contributed by atoms with Gasteiger partial charge in [0.15, 0.2) is 4.96 Å². The first-order valence-corrected chi connectivity index (χ1v) is 8.34. The summed E-state index contributed by atoms with van der Waals surface area (Å²) < 4.78 is 2.17. The highest BCUT2D eigenvalue weighted by atomic mass is 35.5. The lowest BCUT2D eigenvalue weighted by atomic mass is 10.0. The molecule has 0 amide bonds. The van der Waals surface area contributed by atoms with Gasteiger partial charge in [-0.2, -0.15) is 0 Å². The number of aromatic nitrogens is 2. The molecule has 2 aromatic heterocycles. The van der Waals surface area contributed by atoms with Crippen LogP contribution in [-0.4, -0.2) is 9.38 Å². The number of halogens is 1. The van der Waals surface area contributed by atoms with Crippen molar-refractivity contribution in [2.45, 2.75) is 32.9 Å². The summed E-state index contributed by atoms with van der Waals surface area (Å²) in [5.74, 6) is 0. The molecule has 0 radical (unpaired) electrons. The first-order chi connectivity index (χ1) is 10.2. The maximum absolute atomic E-state index is 5.96. The van der Waals surface area contributed by atoms with Gasteiger partial charge in [-0.3, -0.25) is 4.40 Å². The van der Waals surface area contributed by atoms with E-state index < -0.39 is 0 Å². The zero-order chi connectivity index (χ0) is 14.8. The van der Waals surface area contributed by atoms with Gasteiger partial charge in [-0.25, -0.2) is 4.98 Å². The third kappa shape index (κ3) is 2.98. The van der Waals surface area contributed by atoms with Crippen molar-refractivity contribution in [2.24, 2.45) is 0 Å². The van der Waals surface area contributed by atoms with Gasteiger partial charge in [-0.1, -0.05) is 30.7 Å². The molecule has 5 heteroatoms. The summed E-state index contributed by atoms with van der Waals surface area (Å²) in [5, 5.41) is 6.48. The molecule has 3 aromatic rings. The van der Waals surface area contributed by atoms with Crippen molar-refractivity contribution in [3.63, 3.8) is 0 Å². The molecule has 0 fully saturated rings. The van der Waals surface area contributed by atoms with Crippen LogP contribution in [0.15, 0.2) is 35.8 Å². The summed E-state index contributed by atoms with van der Waals surface area (Å²) in [6.45, 7) is 5.07. The lowest BCUT2D eigenvalue weighted by Gasteiger charge is -2.17. The normalized spacial score (nSPS) is 12.9. The molecule has 0 aliphatic rings. The fourth-order valence-electron chi connectivity index (χ4n) is 2.57. The topological polar surface area (TPSA) is 29.3 Å². The summed E-state index contributed by atoms with van der Waals surface area (Å²) in [4.78, 5) is 5.64. The number of hydrogen-bond donors (Lipinski definition) is 1. The second-order valence-corrected chi connectivity index (χ2v) is 6.40. The maximum Gasteiger partial charge on any atom is 0.194 e. The highest BCUT2D eigenvalue weighted by Crippen LogP contribution is 2.21. The number of fused-ring (bicyclic) bond motifs is 1. The Balaban J connectivity index is 1.77. The smallest absolute Gasteiger partial charge is 0.194 e. The van der Waals surface area contributed by atoms with Crippen LogP contribution in [-0.2, 0) is 6.54 Å². The Morgan fingerprint density at radius 1 is 1.33 bits per heavy atom. The van der Waals surface area contributed by atoms with Crippen LogP contribution >= 0.6 is 22.9 Å². The van der Waals surface area contributed by atoms with Crippen molar-refractivity contribution >= 4 is 27.9 Å². The number of rotatable bonds is 5. The van der Waals surface area contributed by atoms with Crippen molar-refractivity contribution in [1.29, 1.82) is 0 Å². The Kier molecular flexibility index (Phi) is 4.29. The van der Waals surface area contributed by atoms with E-state index in [2.05, 4.69) is 52.3 Å².